The number of benzene rings is 1. The zero-order chi connectivity index (χ0) is 19.4. The molecule has 2 amide bonds. The molecule has 1 aromatic carbocycles. The summed E-state index contributed by atoms with van der Waals surface area (Å²) in [6.07, 6.45) is 6.76. The highest BCUT2D eigenvalue weighted by Gasteiger charge is 2.39. The van der Waals surface area contributed by atoms with Gasteiger partial charge in [0, 0.05) is 37.9 Å². The molecule has 0 spiro atoms. The first-order valence-electron chi connectivity index (χ1n) is 10.3. The lowest BCUT2D eigenvalue weighted by Crippen LogP contribution is -2.45. The quantitative estimate of drug-likeness (QED) is 0.832. The van der Waals surface area contributed by atoms with E-state index < -0.39 is 0 Å². The predicted molar refractivity (Wildman–Crippen MR) is 107 cm³/mol. The number of hydrogen-bond acceptors (Lipinski definition) is 3. The SMILES string of the molecule is O=C1CCC(CCC(=O)N2CCC(c3ccccc3)CC2)(Cc2ccco2)N1. The minimum atomic E-state index is -0.354. The van der Waals surface area contributed by atoms with Crippen molar-refractivity contribution in [3.05, 3.63) is 60.1 Å². The lowest BCUT2D eigenvalue weighted by molar-refractivity contribution is -0.133. The average Bonchev–Trinajstić information content (AvgIpc) is 3.37. The van der Waals surface area contributed by atoms with Crippen molar-refractivity contribution in [1.29, 1.82) is 0 Å². The van der Waals surface area contributed by atoms with Gasteiger partial charge in [-0.15, -0.1) is 0 Å². The zero-order valence-electron chi connectivity index (χ0n) is 16.2. The molecule has 0 radical (unpaired) electrons. The van der Waals surface area contributed by atoms with E-state index in [0.29, 0.717) is 31.6 Å². The molecule has 1 N–H and O–H groups in total. The van der Waals surface area contributed by atoms with Crippen LogP contribution < -0.4 is 5.32 Å². The summed E-state index contributed by atoms with van der Waals surface area (Å²) >= 11 is 0. The van der Waals surface area contributed by atoms with E-state index in [2.05, 4.69) is 29.6 Å². The minimum absolute atomic E-state index is 0.0719. The number of nitrogens with one attached hydrogen (secondary N) is 1. The Kier molecular flexibility index (Phi) is 5.51. The molecular formula is C23H28N2O3. The van der Waals surface area contributed by atoms with Crippen molar-refractivity contribution in [3.63, 3.8) is 0 Å². The Morgan fingerprint density at radius 1 is 1.14 bits per heavy atom. The molecule has 3 heterocycles. The Balaban J connectivity index is 1.31. The molecule has 4 rings (SSSR count). The van der Waals surface area contributed by atoms with Crippen molar-refractivity contribution >= 4 is 11.8 Å². The number of piperidine rings is 1. The lowest BCUT2D eigenvalue weighted by atomic mass is 9.86. The molecule has 148 valence electrons. The number of rotatable bonds is 6. The van der Waals surface area contributed by atoms with Gasteiger partial charge < -0.3 is 14.6 Å². The summed E-state index contributed by atoms with van der Waals surface area (Å²) < 4.78 is 5.49. The highest BCUT2D eigenvalue weighted by atomic mass is 16.3. The fourth-order valence-electron chi connectivity index (χ4n) is 4.62. The second-order valence-corrected chi connectivity index (χ2v) is 8.15. The first kappa shape index (κ1) is 18.8. The van der Waals surface area contributed by atoms with Gasteiger partial charge in [0.2, 0.25) is 11.8 Å². The van der Waals surface area contributed by atoms with Gasteiger partial charge in [-0.3, -0.25) is 9.59 Å². The summed E-state index contributed by atoms with van der Waals surface area (Å²) in [7, 11) is 0. The van der Waals surface area contributed by atoms with Gasteiger partial charge in [-0.2, -0.15) is 0 Å². The molecule has 2 saturated heterocycles. The number of nitrogens with zero attached hydrogens (tertiary/aromatic N) is 1. The number of carbonyl (C=O) groups excluding carboxylic acids is 2. The molecule has 28 heavy (non-hydrogen) atoms. The van der Waals surface area contributed by atoms with E-state index in [0.717, 1.165) is 38.1 Å². The summed E-state index contributed by atoms with van der Waals surface area (Å²) in [5.74, 6) is 1.68. The van der Waals surface area contributed by atoms with Crippen LogP contribution in [0.3, 0.4) is 0 Å². The van der Waals surface area contributed by atoms with Gasteiger partial charge in [-0.05, 0) is 49.3 Å². The highest BCUT2D eigenvalue weighted by molar-refractivity contribution is 5.80. The van der Waals surface area contributed by atoms with E-state index in [9.17, 15) is 9.59 Å². The summed E-state index contributed by atoms with van der Waals surface area (Å²) in [6.45, 7) is 1.63. The van der Waals surface area contributed by atoms with Crippen LogP contribution in [0.5, 0.6) is 0 Å². The number of likely N-dealkylation sites (tertiary alicyclic amines) is 1. The summed E-state index contributed by atoms with van der Waals surface area (Å²) in [6, 6.07) is 14.4. The molecule has 1 atom stereocenters. The van der Waals surface area contributed by atoms with E-state index in [-0.39, 0.29) is 17.4 Å². The number of furan rings is 1. The van der Waals surface area contributed by atoms with Crippen LogP contribution in [0.25, 0.3) is 0 Å². The highest BCUT2D eigenvalue weighted by Crippen LogP contribution is 2.31. The average molecular weight is 380 g/mol. The largest absolute Gasteiger partial charge is 0.469 e. The topological polar surface area (TPSA) is 62.6 Å². The van der Waals surface area contributed by atoms with Crippen LogP contribution in [0.15, 0.2) is 53.1 Å². The molecule has 2 fully saturated rings. The molecule has 1 unspecified atom stereocenters. The van der Waals surface area contributed by atoms with Crippen LogP contribution in [0.2, 0.25) is 0 Å². The summed E-state index contributed by atoms with van der Waals surface area (Å²) in [5, 5.41) is 3.12. The number of amides is 2. The van der Waals surface area contributed by atoms with Crippen LogP contribution >= 0.6 is 0 Å². The first-order chi connectivity index (χ1) is 13.6. The Hall–Kier alpha value is -2.56. The number of hydrogen-bond donors (Lipinski definition) is 1. The molecule has 5 nitrogen and oxygen atoms in total. The minimum Gasteiger partial charge on any atom is -0.469 e. The van der Waals surface area contributed by atoms with Gasteiger partial charge in [-0.25, -0.2) is 0 Å². The van der Waals surface area contributed by atoms with E-state index >= 15 is 0 Å². The molecule has 0 saturated carbocycles. The summed E-state index contributed by atoms with van der Waals surface area (Å²) in [4.78, 5) is 26.7. The van der Waals surface area contributed by atoms with Crippen LogP contribution in [0.1, 0.15) is 55.8 Å². The van der Waals surface area contributed by atoms with Crippen LogP contribution in [-0.4, -0.2) is 35.3 Å². The third-order valence-electron chi connectivity index (χ3n) is 6.26. The van der Waals surface area contributed by atoms with Gasteiger partial charge in [0.1, 0.15) is 5.76 Å². The monoisotopic (exact) mass is 380 g/mol. The fourth-order valence-corrected chi connectivity index (χ4v) is 4.62. The zero-order valence-corrected chi connectivity index (χ0v) is 16.2. The van der Waals surface area contributed by atoms with Crippen molar-refractivity contribution in [3.8, 4) is 0 Å². The Labute approximate surface area is 166 Å². The molecule has 1 aromatic heterocycles. The van der Waals surface area contributed by atoms with Gasteiger partial charge in [0.15, 0.2) is 0 Å². The molecular weight excluding hydrogens is 352 g/mol. The van der Waals surface area contributed by atoms with Crippen molar-refractivity contribution in [1.82, 2.24) is 10.2 Å². The van der Waals surface area contributed by atoms with Crippen molar-refractivity contribution in [2.24, 2.45) is 0 Å². The lowest BCUT2D eigenvalue weighted by Gasteiger charge is -2.34. The van der Waals surface area contributed by atoms with Gasteiger partial charge in [-0.1, -0.05) is 30.3 Å². The maximum Gasteiger partial charge on any atom is 0.222 e. The normalized spacial score (nSPS) is 23.0. The standard InChI is InChI=1S/C23H28N2O3/c26-21-8-12-23(24-21,17-20-7-4-16-28-20)13-9-22(27)25-14-10-19(11-15-25)18-5-2-1-3-6-18/h1-7,16,19H,8-15,17H2,(H,24,26). The van der Waals surface area contributed by atoms with Crippen molar-refractivity contribution in [2.75, 3.05) is 13.1 Å². The summed E-state index contributed by atoms with van der Waals surface area (Å²) in [5.41, 5.74) is 1.02. The second-order valence-electron chi connectivity index (χ2n) is 8.15. The third-order valence-corrected chi connectivity index (χ3v) is 6.26. The Morgan fingerprint density at radius 2 is 1.93 bits per heavy atom. The van der Waals surface area contributed by atoms with E-state index in [1.54, 1.807) is 6.26 Å². The van der Waals surface area contributed by atoms with Crippen LogP contribution in [0, 0.1) is 0 Å². The molecule has 2 aliphatic heterocycles. The molecule has 2 aromatic rings. The van der Waals surface area contributed by atoms with E-state index in [4.69, 9.17) is 4.42 Å². The maximum absolute atomic E-state index is 12.8. The Bertz CT molecular complexity index is 795. The number of carbonyl (C=O) groups is 2. The third kappa shape index (κ3) is 4.29. The molecule has 0 aliphatic carbocycles. The smallest absolute Gasteiger partial charge is 0.222 e. The molecule has 2 aliphatic rings. The van der Waals surface area contributed by atoms with E-state index in [1.165, 1.54) is 5.56 Å². The first-order valence-corrected chi connectivity index (χ1v) is 10.3. The van der Waals surface area contributed by atoms with Gasteiger partial charge >= 0.3 is 0 Å². The van der Waals surface area contributed by atoms with Crippen molar-refractivity contribution in [2.45, 2.75) is 56.4 Å². The fraction of sp³-hybridized carbons (Fsp3) is 0.478. The van der Waals surface area contributed by atoms with Crippen molar-refractivity contribution < 1.29 is 14.0 Å². The van der Waals surface area contributed by atoms with E-state index in [1.807, 2.05) is 23.1 Å². The maximum atomic E-state index is 12.8. The predicted octanol–water partition coefficient (Wildman–Crippen LogP) is 3.66. The molecule has 5 heteroatoms. The molecule has 0 bridgehead atoms. The van der Waals surface area contributed by atoms with Gasteiger partial charge in [0.25, 0.3) is 0 Å². The van der Waals surface area contributed by atoms with Crippen LogP contribution in [0.4, 0.5) is 0 Å². The van der Waals surface area contributed by atoms with Gasteiger partial charge in [0.05, 0.1) is 6.26 Å². The second kappa shape index (κ2) is 8.21. The Morgan fingerprint density at radius 3 is 2.57 bits per heavy atom. The van der Waals surface area contributed by atoms with Crippen LogP contribution in [-0.2, 0) is 16.0 Å².